The number of nitrogens with one attached hydrogen (secondary N) is 2. The highest BCUT2D eigenvalue weighted by atomic mass is 16.5. The Morgan fingerprint density at radius 3 is 2.38 bits per heavy atom. The number of benzene rings is 2. The molecule has 1 atom stereocenters. The SMILES string of the molecule is COc1ccc(NC(=O)NC2CCN(c3cc(C)cc(C)c3)C2=O)cc1. The van der Waals surface area contributed by atoms with E-state index in [0.29, 0.717) is 24.4 Å². The Morgan fingerprint density at radius 1 is 1.12 bits per heavy atom. The molecule has 1 aliphatic rings. The predicted octanol–water partition coefficient (Wildman–Crippen LogP) is 3.24. The second-order valence-electron chi connectivity index (χ2n) is 6.50. The van der Waals surface area contributed by atoms with Gasteiger partial charge in [-0.2, -0.15) is 0 Å². The molecule has 1 fully saturated rings. The monoisotopic (exact) mass is 353 g/mol. The minimum Gasteiger partial charge on any atom is -0.497 e. The highest BCUT2D eigenvalue weighted by molar-refractivity contribution is 6.02. The van der Waals surface area contributed by atoms with Crippen molar-refractivity contribution in [2.45, 2.75) is 26.3 Å². The molecule has 26 heavy (non-hydrogen) atoms. The van der Waals surface area contributed by atoms with Crippen LogP contribution in [0.5, 0.6) is 5.75 Å². The van der Waals surface area contributed by atoms with Crippen LogP contribution in [-0.4, -0.2) is 31.6 Å². The number of aryl methyl sites for hydroxylation is 2. The number of hydrogen-bond donors (Lipinski definition) is 2. The highest BCUT2D eigenvalue weighted by Gasteiger charge is 2.33. The second-order valence-corrected chi connectivity index (χ2v) is 6.50. The predicted molar refractivity (Wildman–Crippen MR) is 102 cm³/mol. The van der Waals surface area contributed by atoms with Crippen LogP contribution in [0.4, 0.5) is 16.2 Å². The molecule has 0 aromatic heterocycles. The van der Waals surface area contributed by atoms with Crippen LogP contribution in [0.3, 0.4) is 0 Å². The van der Waals surface area contributed by atoms with Crippen LogP contribution >= 0.6 is 0 Å². The maximum Gasteiger partial charge on any atom is 0.319 e. The van der Waals surface area contributed by atoms with E-state index >= 15 is 0 Å². The van der Waals surface area contributed by atoms with Gasteiger partial charge in [0.25, 0.3) is 0 Å². The minimum absolute atomic E-state index is 0.0834. The molecule has 6 heteroatoms. The van der Waals surface area contributed by atoms with E-state index < -0.39 is 12.1 Å². The third-order valence-corrected chi connectivity index (χ3v) is 4.38. The summed E-state index contributed by atoms with van der Waals surface area (Å²) in [5, 5.41) is 5.50. The zero-order chi connectivity index (χ0) is 18.7. The lowest BCUT2D eigenvalue weighted by Gasteiger charge is -2.18. The quantitative estimate of drug-likeness (QED) is 0.886. The molecule has 2 N–H and O–H groups in total. The molecule has 2 aromatic rings. The molecule has 3 amide bonds. The summed E-state index contributed by atoms with van der Waals surface area (Å²) in [6.45, 7) is 4.61. The van der Waals surface area contributed by atoms with Crippen LogP contribution < -0.4 is 20.3 Å². The number of methoxy groups -OCH3 is 1. The van der Waals surface area contributed by atoms with Gasteiger partial charge in [0.1, 0.15) is 11.8 Å². The van der Waals surface area contributed by atoms with Gasteiger partial charge in [-0.3, -0.25) is 4.79 Å². The zero-order valence-electron chi connectivity index (χ0n) is 15.2. The lowest BCUT2D eigenvalue weighted by Crippen LogP contribution is -2.43. The van der Waals surface area contributed by atoms with Gasteiger partial charge in [-0.1, -0.05) is 6.07 Å². The maximum absolute atomic E-state index is 12.7. The summed E-state index contributed by atoms with van der Waals surface area (Å²) in [6.07, 6.45) is 0.585. The fourth-order valence-corrected chi connectivity index (χ4v) is 3.18. The number of ether oxygens (including phenoxy) is 1. The van der Waals surface area contributed by atoms with E-state index in [1.54, 1.807) is 36.3 Å². The number of nitrogens with zero attached hydrogens (tertiary/aromatic N) is 1. The number of hydrogen-bond acceptors (Lipinski definition) is 3. The van der Waals surface area contributed by atoms with Gasteiger partial charge < -0.3 is 20.3 Å². The fraction of sp³-hybridized carbons (Fsp3) is 0.300. The molecule has 0 radical (unpaired) electrons. The van der Waals surface area contributed by atoms with Gasteiger partial charge in [0.15, 0.2) is 0 Å². The van der Waals surface area contributed by atoms with Gasteiger partial charge >= 0.3 is 6.03 Å². The van der Waals surface area contributed by atoms with Crippen LogP contribution in [0.2, 0.25) is 0 Å². The summed E-state index contributed by atoms with van der Waals surface area (Å²) in [5.74, 6) is 0.630. The summed E-state index contributed by atoms with van der Waals surface area (Å²) >= 11 is 0. The van der Waals surface area contributed by atoms with E-state index in [4.69, 9.17) is 4.74 Å². The molecular weight excluding hydrogens is 330 g/mol. The lowest BCUT2D eigenvalue weighted by molar-refractivity contribution is -0.118. The smallest absolute Gasteiger partial charge is 0.319 e. The van der Waals surface area contributed by atoms with Crippen LogP contribution in [0.1, 0.15) is 17.5 Å². The molecule has 6 nitrogen and oxygen atoms in total. The van der Waals surface area contributed by atoms with E-state index in [1.807, 2.05) is 26.0 Å². The van der Waals surface area contributed by atoms with Crippen molar-refractivity contribution in [3.8, 4) is 5.75 Å². The van der Waals surface area contributed by atoms with Gasteiger partial charge in [0.2, 0.25) is 5.91 Å². The van der Waals surface area contributed by atoms with Gasteiger partial charge in [0.05, 0.1) is 7.11 Å². The molecule has 0 spiro atoms. The Labute approximate surface area is 153 Å². The Morgan fingerprint density at radius 2 is 1.77 bits per heavy atom. The van der Waals surface area contributed by atoms with E-state index in [1.165, 1.54) is 0 Å². The van der Waals surface area contributed by atoms with E-state index in [9.17, 15) is 9.59 Å². The van der Waals surface area contributed by atoms with Gasteiger partial charge in [-0.15, -0.1) is 0 Å². The molecular formula is C20H23N3O3. The molecule has 136 valence electrons. The summed E-state index contributed by atoms with van der Waals surface area (Å²) < 4.78 is 5.09. The lowest BCUT2D eigenvalue weighted by atomic mass is 10.1. The first kappa shape index (κ1) is 17.8. The summed E-state index contributed by atoms with van der Waals surface area (Å²) in [7, 11) is 1.59. The van der Waals surface area contributed by atoms with Crippen LogP contribution in [0.15, 0.2) is 42.5 Å². The van der Waals surface area contributed by atoms with Gasteiger partial charge in [0, 0.05) is 17.9 Å². The third kappa shape index (κ3) is 3.96. The molecule has 1 aliphatic heterocycles. The maximum atomic E-state index is 12.7. The first-order valence-corrected chi connectivity index (χ1v) is 8.57. The van der Waals surface area contributed by atoms with Crippen molar-refractivity contribution in [3.05, 3.63) is 53.6 Å². The largest absolute Gasteiger partial charge is 0.497 e. The van der Waals surface area contributed by atoms with Crippen molar-refractivity contribution in [2.75, 3.05) is 23.9 Å². The second kappa shape index (κ2) is 7.47. The molecule has 0 saturated carbocycles. The van der Waals surface area contributed by atoms with Crippen molar-refractivity contribution < 1.29 is 14.3 Å². The highest BCUT2D eigenvalue weighted by Crippen LogP contribution is 2.24. The number of carbonyl (C=O) groups excluding carboxylic acids is 2. The first-order chi connectivity index (χ1) is 12.5. The van der Waals surface area contributed by atoms with E-state index in [0.717, 1.165) is 16.8 Å². The van der Waals surface area contributed by atoms with Crippen molar-refractivity contribution in [1.29, 1.82) is 0 Å². The average Bonchev–Trinajstić information content (AvgIpc) is 2.95. The van der Waals surface area contributed by atoms with Crippen molar-refractivity contribution in [2.24, 2.45) is 0 Å². The Hall–Kier alpha value is -3.02. The molecule has 3 rings (SSSR count). The number of carbonyl (C=O) groups is 2. The number of anilines is 2. The van der Waals surface area contributed by atoms with Crippen LogP contribution in [-0.2, 0) is 4.79 Å². The first-order valence-electron chi connectivity index (χ1n) is 8.57. The van der Waals surface area contributed by atoms with Crippen LogP contribution in [0.25, 0.3) is 0 Å². The molecule has 1 heterocycles. The molecule has 1 saturated heterocycles. The summed E-state index contributed by atoms with van der Waals surface area (Å²) in [6, 6.07) is 12.2. The minimum atomic E-state index is -0.519. The Bertz CT molecular complexity index is 797. The Kier molecular flexibility index (Phi) is 5.11. The fourth-order valence-electron chi connectivity index (χ4n) is 3.18. The zero-order valence-corrected chi connectivity index (χ0v) is 15.2. The van der Waals surface area contributed by atoms with E-state index in [2.05, 4.69) is 16.7 Å². The summed E-state index contributed by atoms with van der Waals surface area (Å²) in [5.41, 5.74) is 3.75. The van der Waals surface area contributed by atoms with E-state index in [-0.39, 0.29) is 5.91 Å². The number of amides is 3. The van der Waals surface area contributed by atoms with Crippen LogP contribution in [0, 0.1) is 13.8 Å². The summed E-state index contributed by atoms with van der Waals surface area (Å²) in [4.78, 5) is 26.6. The standard InChI is InChI=1S/C20H23N3O3/c1-13-10-14(2)12-16(11-13)23-9-8-18(19(23)24)22-20(25)21-15-4-6-17(26-3)7-5-15/h4-7,10-12,18H,8-9H2,1-3H3,(H2,21,22,25). The number of rotatable bonds is 4. The molecule has 0 aliphatic carbocycles. The van der Waals surface area contributed by atoms with Gasteiger partial charge in [-0.25, -0.2) is 4.79 Å². The molecule has 2 aromatic carbocycles. The molecule has 1 unspecified atom stereocenters. The number of urea groups is 1. The van der Waals surface area contributed by atoms with Crippen molar-refractivity contribution in [1.82, 2.24) is 5.32 Å². The van der Waals surface area contributed by atoms with Crippen molar-refractivity contribution in [3.63, 3.8) is 0 Å². The Balaban J connectivity index is 1.61. The third-order valence-electron chi connectivity index (χ3n) is 4.38. The molecule has 0 bridgehead atoms. The van der Waals surface area contributed by atoms with Crippen molar-refractivity contribution >= 4 is 23.3 Å². The van der Waals surface area contributed by atoms with Gasteiger partial charge in [-0.05, 0) is 67.8 Å². The average molecular weight is 353 g/mol. The normalized spacial score (nSPS) is 16.5. The topological polar surface area (TPSA) is 70.7 Å².